The average Bonchev–Trinajstić information content (AvgIpc) is 2.86. The van der Waals surface area contributed by atoms with Crippen molar-refractivity contribution in [2.45, 2.75) is 39.3 Å². The summed E-state index contributed by atoms with van der Waals surface area (Å²) >= 11 is 1.62. The van der Waals surface area contributed by atoms with Crippen molar-refractivity contribution in [2.24, 2.45) is 0 Å². The van der Waals surface area contributed by atoms with E-state index in [4.69, 9.17) is 4.98 Å². The first-order chi connectivity index (χ1) is 9.37. The van der Waals surface area contributed by atoms with Gasteiger partial charge in [-0.15, -0.1) is 11.3 Å². The Morgan fingerprint density at radius 1 is 1.50 bits per heavy atom. The minimum absolute atomic E-state index is 0.153. The lowest BCUT2D eigenvalue weighted by Crippen LogP contribution is -2.62. The molecule has 2 heterocycles. The lowest BCUT2D eigenvalue weighted by Gasteiger charge is -2.44. The molecule has 5 nitrogen and oxygen atoms in total. The Morgan fingerprint density at radius 3 is 2.85 bits per heavy atom. The van der Waals surface area contributed by atoms with E-state index in [1.165, 1.54) is 0 Å². The Balaban J connectivity index is 2.21. The maximum absolute atomic E-state index is 12.3. The SMILES string of the molecule is CCNC(C)c1csc(N2CCN(C)C(=O)C2(C)C)n1. The summed E-state index contributed by atoms with van der Waals surface area (Å²) in [6, 6.07) is 0.247. The van der Waals surface area contributed by atoms with Crippen LogP contribution in [0.5, 0.6) is 0 Å². The maximum Gasteiger partial charge on any atom is 0.247 e. The number of nitrogens with zero attached hydrogens (tertiary/aromatic N) is 3. The Labute approximate surface area is 125 Å². The molecule has 112 valence electrons. The second-order valence-corrected chi connectivity index (χ2v) is 6.61. The fourth-order valence-electron chi connectivity index (χ4n) is 2.56. The minimum Gasteiger partial charge on any atom is -0.342 e. The molecule has 0 aromatic carbocycles. The molecule has 1 unspecified atom stereocenters. The molecule has 0 bridgehead atoms. The number of hydrogen-bond acceptors (Lipinski definition) is 5. The minimum atomic E-state index is -0.524. The maximum atomic E-state index is 12.3. The third-order valence-corrected chi connectivity index (χ3v) is 4.78. The number of anilines is 1. The zero-order chi connectivity index (χ0) is 14.9. The lowest BCUT2D eigenvalue weighted by atomic mass is 9.99. The molecule has 2 rings (SSSR count). The molecule has 20 heavy (non-hydrogen) atoms. The number of nitrogens with one attached hydrogen (secondary N) is 1. The number of piperazine rings is 1. The summed E-state index contributed by atoms with van der Waals surface area (Å²) in [6.07, 6.45) is 0. The molecule has 0 aliphatic carbocycles. The highest BCUT2D eigenvalue weighted by Gasteiger charge is 2.41. The second-order valence-electron chi connectivity index (χ2n) is 5.77. The smallest absolute Gasteiger partial charge is 0.247 e. The summed E-state index contributed by atoms with van der Waals surface area (Å²) in [4.78, 5) is 21.0. The van der Waals surface area contributed by atoms with Crippen LogP contribution in [0.4, 0.5) is 5.13 Å². The van der Waals surface area contributed by atoms with Crippen LogP contribution in [0.3, 0.4) is 0 Å². The van der Waals surface area contributed by atoms with E-state index in [2.05, 4.69) is 29.4 Å². The molecule has 6 heteroatoms. The highest BCUT2D eigenvalue weighted by atomic mass is 32.1. The van der Waals surface area contributed by atoms with Gasteiger partial charge in [0.05, 0.1) is 5.69 Å². The highest BCUT2D eigenvalue weighted by molar-refractivity contribution is 7.13. The van der Waals surface area contributed by atoms with Crippen molar-refractivity contribution in [3.63, 3.8) is 0 Å². The molecule has 0 radical (unpaired) electrons. The number of carbonyl (C=O) groups excluding carboxylic acids is 1. The van der Waals surface area contributed by atoms with Crippen molar-refractivity contribution in [3.05, 3.63) is 11.1 Å². The summed E-state index contributed by atoms with van der Waals surface area (Å²) in [7, 11) is 1.86. The quantitative estimate of drug-likeness (QED) is 0.921. The van der Waals surface area contributed by atoms with Gasteiger partial charge in [-0.2, -0.15) is 0 Å². The predicted molar refractivity (Wildman–Crippen MR) is 83.3 cm³/mol. The summed E-state index contributed by atoms with van der Waals surface area (Å²) in [5.41, 5.74) is 0.526. The highest BCUT2D eigenvalue weighted by Crippen LogP contribution is 2.32. The molecule has 0 saturated carbocycles. The van der Waals surface area contributed by atoms with E-state index in [1.54, 1.807) is 16.2 Å². The number of hydrogen-bond donors (Lipinski definition) is 1. The fourth-order valence-corrected chi connectivity index (χ4v) is 3.65. The van der Waals surface area contributed by atoms with Gasteiger partial charge in [0.1, 0.15) is 5.54 Å². The van der Waals surface area contributed by atoms with Gasteiger partial charge >= 0.3 is 0 Å². The Bertz CT molecular complexity index is 485. The number of carbonyl (C=O) groups is 1. The lowest BCUT2D eigenvalue weighted by molar-refractivity contribution is -0.136. The summed E-state index contributed by atoms with van der Waals surface area (Å²) in [5.74, 6) is 0.153. The standard InChI is InChI=1S/C14H24N4OS/c1-6-15-10(2)11-9-20-13(16-11)18-8-7-17(5)12(19)14(18,3)4/h9-10,15H,6-8H2,1-5H3. The molecule has 1 aliphatic heterocycles. The largest absolute Gasteiger partial charge is 0.342 e. The van der Waals surface area contributed by atoms with Crippen LogP contribution in [-0.2, 0) is 4.79 Å². The first-order valence-electron chi connectivity index (χ1n) is 7.10. The Morgan fingerprint density at radius 2 is 2.20 bits per heavy atom. The second kappa shape index (κ2) is 5.69. The van der Waals surface area contributed by atoms with Gasteiger partial charge in [-0.3, -0.25) is 4.79 Å². The van der Waals surface area contributed by atoms with Crippen molar-refractivity contribution in [2.75, 3.05) is 31.6 Å². The zero-order valence-electron chi connectivity index (χ0n) is 12.9. The van der Waals surface area contributed by atoms with Crippen LogP contribution in [0.25, 0.3) is 0 Å². The zero-order valence-corrected chi connectivity index (χ0v) is 13.8. The van der Waals surface area contributed by atoms with Crippen LogP contribution in [-0.4, -0.2) is 48.0 Å². The van der Waals surface area contributed by atoms with Crippen LogP contribution < -0.4 is 10.2 Å². The van der Waals surface area contributed by atoms with Gasteiger partial charge in [-0.05, 0) is 27.3 Å². The fraction of sp³-hybridized carbons (Fsp3) is 0.714. The van der Waals surface area contributed by atoms with Crippen molar-refractivity contribution in [3.8, 4) is 0 Å². The van der Waals surface area contributed by atoms with Crippen molar-refractivity contribution in [1.29, 1.82) is 0 Å². The normalized spacial score (nSPS) is 20.4. The van der Waals surface area contributed by atoms with Crippen LogP contribution in [0, 0.1) is 0 Å². The molecular weight excluding hydrogens is 272 g/mol. The van der Waals surface area contributed by atoms with E-state index in [1.807, 2.05) is 20.9 Å². The van der Waals surface area contributed by atoms with Gasteiger partial charge in [0, 0.05) is 31.6 Å². The van der Waals surface area contributed by atoms with Gasteiger partial charge in [0.15, 0.2) is 5.13 Å². The van der Waals surface area contributed by atoms with Crippen LogP contribution in [0.2, 0.25) is 0 Å². The summed E-state index contributed by atoms with van der Waals surface area (Å²) < 4.78 is 0. The van der Waals surface area contributed by atoms with Gasteiger partial charge in [-0.1, -0.05) is 6.92 Å². The van der Waals surface area contributed by atoms with E-state index in [0.717, 1.165) is 30.5 Å². The Kier molecular flexibility index (Phi) is 4.34. The van der Waals surface area contributed by atoms with Crippen LogP contribution >= 0.6 is 11.3 Å². The third-order valence-electron chi connectivity index (χ3n) is 3.90. The van der Waals surface area contributed by atoms with Gasteiger partial charge in [0.25, 0.3) is 0 Å². The number of thiazole rings is 1. The van der Waals surface area contributed by atoms with Crippen molar-refractivity contribution < 1.29 is 4.79 Å². The molecule has 1 aromatic rings. The van der Waals surface area contributed by atoms with Gasteiger partial charge in [-0.25, -0.2) is 4.98 Å². The van der Waals surface area contributed by atoms with Gasteiger partial charge in [0.2, 0.25) is 5.91 Å². The number of amides is 1. The number of likely N-dealkylation sites (N-methyl/N-ethyl adjacent to an activating group) is 1. The van der Waals surface area contributed by atoms with Gasteiger partial charge < -0.3 is 15.1 Å². The van der Waals surface area contributed by atoms with Crippen molar-refractivity contribution >= 4 is 22.4 Å². The van der Waals surface area contributed by atoms with E-state index in [-0.39, 0.29) is 11.9 Å². The first-order valence-corrected chi connectivity index (χ1v) is 7.98. The number of rotatable bonds is 4. The molecule has 1 fully saturated rings. The van der Waals surface area contributed by atoms with Crippen LogP contribution in [0.1, 0.15) is 39.4 Å². The van der Waals surface area contributed by atoms with E-state index in [9.17, 15) is 4.79 Å². The van der Waals surface area contributed by atoms with E-state index in [0.29, 0.717) is 0 Å². The average molecular weight is 296 g/mol. The molecule has 1 amide bonds. The molecule has 1 N–H and O–H groups in total. The molecule has 0 spiro atoms. The topological polar surface area (TPSA) is 48.5 Å². The van der Waals surface area contributed by atoms with E-state index >= 15 is 0 Å². The van der Waals surface area contributed by atoms with Crippen molar-refractivity contribution in [1.82, 2.24) is 15.2 Å². The first kappa shape index (κ1) is 15.3. The summed E-state index contributed by atoms with van der Waals surface area (Å²) in [6.45, 7) is 10.7. The molecular formula is C14H24N4OS. The Hall–Kier alpha value is -1.14. The molecule has 1 atom stereocenters. The third kappa shape index (κ3) is 2.67. The van der Waals surface area contributed by atoms with E-state index < -0.39 is 5.54 Å². The molecule has 1 aromatic heterocycles. The molecule has 1 aliphatic rings. The molecule has 1 saturated heterocycles. The summed E-state index contributed by atoms with van der Waals surface area (Å²) in [5, 5.41) is 6.39. The van der Waals surface area contributed by atoms with Crippen LogP contribution in [0.15, 0.2) is 5.38 Å². The monoisotopic (exact) mass is 296 g/mol. The number of aromatic nitrogens is 1. The predicted octanol–water partition coefficient (Wildman–Crippen LogP) is 1.87.